The van der Waals surface area contributed by atoms with Crippen LogP contribution in [-0.2, 0) is 24.3 Å². The van der Waals surface area contributed by atoms with Crippen LogP contribution in [0.3, 0.4) is 0 Å². The molecule has 1 heterocycles. The molecule has 5 nitrogen and oxygen atoms in total. The standard InChI is InChI=1S/C26H26N4OS/c31-25(27-19-22-12-6-2-7-13-22)16-17-30(20-23-14-8-3-9-15-23)26-28-24(29-32-26)18-21-10-4-1-5-11-21/h1-15H,16-20H2,(H,27,31). The largest absolute Gasteiger partial charge is 0.352 e. The molecule has 0 spiro atoms. The van der Waals surface area contributed by atoms with Gasteiger partial charge in [-0.05, 0) is 16.7 Å². The van der Waals surface area contributed by atoms with Gasteiger partial charge in [-0.2, -0.15) is 4.37 Å². The van der Waals surface area contributed by atoms with Gasteiger partial charge < -0.3 is 10.2 Å². The van der Waals surface area contributed by atoms with Crippen LogP contribution in [0.15, 0.2) is 91.0 Å². The molecule has 1 amide bonds. The van der Waals surface area contributed by atoms with Crippen LogP contribution in [0.4, 0.5) is 5.13 Å². The number of anilines is 1. The number of aromatic nitrogens is 2. The van der Waals surface area contributed by atoms with Crippen LogP contribution >= 0.6 is 11.5 Å². The minimum Gasteiger partial charge on any atom is -0.352 e. The van der Waals surface area contributed by atoms with Crippen molar-refractivity contribution in [3.05, 3.63) is 114 Å². The van der Waals surface area contributed by atoms with Crippen LogP contribution < -0.4 is 10.2 Å². The molecule has 1 aromatic heterocycles. The van der Waals surface area contributed by atoms with E-state index in [2.05, 4.69) is 38.9 Å². The van der Waals surface area contributed by atoms with Crippen molar-refractivity contribution in [2.75, 3.05) is 11.4 Å². The molecule has 4 aromatic rings. The Morgan fingerprint density at radius 1 is 0.812 bits per heavy atom. The summed E-state index contributed by atoms with van der Waals surface area (Å²) in [5.41, 5.74) is 3.46. The maximum atomic E-state index is 12.5. The molecule has 0 aliphatic rings. The van der Waals surface area contributed by atoms with Crippen molar-refractivity contribution in [1.29, 1.82) is 0 Å². The van der Waals surface area contributed by atoms with Gasteiger partial charge >= 0.3 is 0 Å². The Bertz CT molecular complexity index is 1100. The van der Waals surface area contributed by atoms with Crippen molar-refractivity contribution in [3.8, 4) is 0 Å². The first-order chi connectivity index (χ1) is 15.8. The summed E-state index contributed by atoms with van der Waals surface area (Å²) >= 11 is 1.39. The number of benzene rings is 3. The fraction of sp³-hybridized carbons (Fsp3) is 0.192. The predicted octanol–water partition coefficient (Wildman–Crippen LogP) is 4.84. The van der Waals surface area contributed by atoms with E-state index in [0.29, 0.717) is 32.5 Å². The molecule has 0 aliphatic heterocycles. The number of nitrogens with zero attached hydrogens (tertiary/aromatic N) is 3. The summed E-state index contributed by atoms with van der Waals surface area (Å²) < 4.78 is 4.57. The van der Waals surface area contributed by atoms with Crippen LogP contribution in [0.2, 0.25) is 0 Å². The molecule has 0 saturated heterocycles. The second-order valence-corrected chi connectivity index (χ2v) is 8.31. The first kappa shape index (κ1) is 21.7. The van der Waals surface area contributed by atoms with Gasteiger partial charge in [0.25, 0.3) is 0 Å². The summed E-state index contributed by atoms with van der Waals surface area (Å²) in [7, 11) is 0. The number of hydrogen-bond acceptors (Lipinski definition) is 5. The Balaban J connectivity index is 1.40. The van der Waals surface area contributed by atoms with E-state index >= 15 is 0 Å². The van der Waals surface area contributed by atoms with E-state index in [9.17, 15) is 4.79 Å². The fourth-order valence-electron chi connectivity index (χ4n) is 3.39. The molecule has 0 fully saturated rings. The lowest BCUT2D eigenvalue weighted by Crippen LogP contribution is -2.30. The van der Waals surface area contributed by atoms with Crippen molar-refractivity contribution in [1.82, 2.24) is 14.7 Å². The van der Waals surface area contributed by atoms with Gasteiger partial charge in [-0.1, -0.05) is 91.0 Å². The van der Waals surface area contributed by atoms with Gasteiger partial charge in [-0.3, -0.25) is 4.79 Å². The van der Waals surface area contributed by atoms with Crippen LogP contribution in [0.25, 0.3) is 0 Å². The topological polar surface area (TPSA) is 58.1 Å². The van der Waals surface area contributed by atoms with Crippen LogP contribution in [-0.4, -0.2) is 21.8 Å². The summed E-state index contributed by atoms with van der Waals surface area (Å²) in [6.07, 6.45) is 1.10. The molecular formula is C26H26N4OS. The van der Waals surface area contributed by atoms with Crippen molar-refractivity contribution >= 4 is 22.6 Å². The van der Waals surface area contributed by atoms with E-state index in [1.54, 1.807) is 0 Å². The van der Waals surface area contributed by atoms with Gasteiger partial charge in [0.15, 0.2) is 0 Å². The van der Waals surface area contributed by atoms with Gasteiger partial charge in [0.05, 0.1) is 0 Å². The maximum Gasteiger partial charge on any atom is 0.222 e. The molecule has 1 N–H and O–H groups in total. The van der Waals surface area contributed by atoms with Crippen LogP contribution in [0.1, 0.15) is 28.9 Å². The van der Waals surface area contributed by atoms with Crippen molar-refractivity contribution < 1.29 is 4.79 Å². The lowest BCUT2D eigenvalue weighted by molar-refractivity contribution is -0.121. The Hall–Kier alpha value is -3.51. The molecular weight excluding hydrogens is 416 g/mol. The molecule has 0 unspecified atom stereocenters. The molecule has 0 bridgehead atoms. The van der Waals surface area contributed by atoms with E-state index < -0.39 is 0 Å². The summed E-state index contributed by atoms with van der Waals surface area (Å²) in [6, 6.07) is 30.4. The molecule has 4 rings (SSSR count). The molecule has 0 aliphatic carbocycles. The van der Waals surface area contributed by atoms with Gasteiger partial charge in [-0.25, -0.2) is 4.98 Å². The SMILES string of the molecule is O=C(CCN(Cc1ccccc1)c1nc(Cc2ccccc2)ns1)NCc1ccccc1. The van der Waals surface area contributed by atoms with Crippen molar-refractivity contribution in [2.45, 2.75) is 25.9 Å². The maximum absolute atomic E-state index is 12.5. The average Bonchev–Trinajstić information content (AvgIpc) is 3.30. The summed E-state index contributed by atoms with van der Waals surface area (Å²) in [6.45, 7) is 1.81. The second kappa shape index (κ2) is 11.2. The highest BCUT2D eigenvalue weighted by Crippen LogP contribution is 2.21. The lowest BCUT2D eigenvalue weighted by atomic mass is 10.1. The highest BCUT2D eigenvalue weighted by Gasteiger charge is 2.15. The summed E-state index contributed by atoms with van der Waals surface area (Å²) in [5, 5.41) is 3.85. The monoisotopic (exact) mass is 442 g/mol. The predicted molar refractivity (Wildman–Crippen MR) is 130 cm³/mol. The molecule has 162 valence electrons. The summed E-state index contributed by atoms with van der Waals surface area (Å²) in [5.74, 6) is 0.837. The molecule has 3 aromatic carbocycles. The zero-order valence-electron chi connectivity index (χ0n) is 17.9. The van der Waals surface area contributed by atoms with Crippen LogP contribution in [0, 0.1) is 0 Å². The van der Waals surface area contributed by atoms with Crippen LogP contribution in [0.5, 0.6) is 0 Å². The highest BCUT2D eigenvalue weighted by atomic mass is 32.1. The Kier molecular flexibility index (Phi) is 7.60. The number of carbonyl (C=O) groups excluding carboxylic acids is 1. The van der Waals surface area contributed by atoms with Crippen molar-refractivity contribution in [3.63, 3.8) is 0 Å². The Labute approximate surface area is 192 Å². The van der Waals surface area contributed by atoms with E-state index in [4.69, 9.17) is 4.98 Å². The van der Waals surface area contributed by atoms with Crippen molar-refractivity contribution in [2.24, 2.45) is 0 Å². The smallest absolute Gasteiger partial charge is 0.222 e. The highest BCUT2D eigenvalue weighted by molar-refractivity contribution is 7.09. The normalized spacial score (nSPS) is 10.6. The second-order valence-electron chi connectivity index (χ2n) is 7.58. The summed E-state index contributed by atoms with van der Waals surface area (Å²) in [4.78, 5) is 19.4. The first-order valence-electron chi connectivity index (χ1n) is 10.7. The average molecular weight is 443 g/mol. The number of nitrogens with one attached hydrogen (secondary N) is 1. The van der Waals surface area contributed by atoms with Gasteiger partial charge in [0.2, 0.25) is 11.0 Å². The van der Waals surface area contributed by atoms with E-state index in [0.717, 1.165) is 16.5 Å². The van der Waals surface area contributed by atoms with E-state index in [1.807, 2.05) is 66.7 Å². The lowest BCUT2D eigenvalue weighted by Gasteiger charge is -2.21. The first-order valence-corrected chi connectivity index (χ1v) is 11.5. The zero-order chi connectivity index (χ0) is 22.0. The quantitative estimate of drug-likeness (QED) is 0.382. The number of rotatable bonds is 10. The fourth-order valence-corrected chi connectivity index (χ4v) is 4.10. The number of amides is 1. The Morgan fingerprint density at radius 2 is 1.41 bits per heavy atom. The number of carbonyl (C=O) groups is 1. The minimum absolute atomic E-state index is 0.0286. The van der Waals surface area contributed by atoms with E-state index in [-0.39, 0.29) is 5.91 Å². The van der Waals surface area contributed by atoms with Gasteiger partial charge in [0, 0.05) is 44.0 Å². The molecule has 0 atom stereocenters. The third-order valence-electron chi connectivity index (χ3n) is 5.09. The Morgan fingerprint density at radius 3 is 2.06 bits per heavy atom. The third kappa shape index (κ3) is 6.49. The van der Waals surface area contributed by atoms with Gasteiger partial charge in [0.1, 0.15) is 5.82 Å². The molecule has 6 heteroatoms. The molecule has 0 radical (unpaired) electrons. The molecule has 32 heavy (non-hydrogen) atoms. The zero-order valence-corrected chi connectivity index (χ0v) is 18.7. The number of hydrogen-bond donors (Lipinski definition) is 1. The van der Waals surface area contributed by atoms with Gasteiger partial charge in [-0.15, -0.1) is 0 Å². The van der Waals surface area contributed by atoms with E-state index in [1.165, 1.54) is 22.7 Å². The third-order valence-corrected chi connectivity index (χ3v) is 5.91. The minimum atomic E-state index is 0.0286. The molecule has 0 saturated carbocycles.